The third kappa shape index (κ3) is 3.88. The van der Waals surface area contributed by atoms with Crippen LogP contribution in [-0.2, 0) is 19.4 Å². The van der Waals surface area contributed by atoms with E-state index in [-0.39, 0.29) is 12.1 Å². The number of hydrogen-bond acceptors (Lipinski definition) is 2. The smallest absolute Gasteiger partial charge is 0.318 e. The number of urea groups is 1. The molecule has 3 heterocycles. The average molecular weight is 448 g/mol. The Morgan fingerprint density at radius 1 is 1.16 bits per heavy atom. The largest absolute Gasteiger partial charge is 0.338 e. The number of amides is 2. The van der Waals surface area contributed by atoms with E-state index in [2.05, 4.69) is 78.2 Å². The maximum absolute atomic E-state index is 13.6. The minimum atomic E-state index is -0.109. The van der Waals surface area contributed by atoms with Crippen molar-refractivity contribution in [2.24, 2.45) is 5.92 Å². The molecule has 0 saturated carbocycles. The lowest BCUT2D eigenvalue weighted by molar-refractivity contribution is 0.180. The topological polar surface area (TPSA) is 37.3 Å². The molecule has 2 aromatic heterocycles. The van der Waals surface area contributed by atoms with E-state index in [1.54, 1.807) is 0 Å². The van der Waals surface area contributed by atoms with E-state index in [0.717, 1.165) is 12.8 Å². The Balaban J connectivity index is 1.62. The molecule has 3 aromatic rings. The molecule has 1 aromatic carbocycles. The van der Waals surface area contributed by atoms with Crippen molar-refractivity contribution < 1.29 is 4.79 Å². The summed E-state index contributed by atoms with van der Waals surface area (Å²) in [5, 5.41) is 4.55. The van der Waals surface area contributed by atoms with Crippen molar-refractivity contribution in [2.75, 3.05) is 6.54 Å². The fourth-order valence-corrected chi connectivity index (χ4v) is 6.55. The van der Waals surface area contributed by atoms with Gasteiger partial charge in [-0.15, -0.1) is 11.3 Å². The number of aromatic nitrogens is 1. The van der Waals surface area contributed by atoms with E-state index < -0.39 is 0 Å². The van der Waals surface area contributed by atoms with E-state index in [1.807, 2.05) is 11.3 Å². The first-order valence-electron chi connectivity index (χ1n) is 11.9. The van der Waals surface area contributed by atoms with Gasteiger partial charge in [-0.3, -0.25) is 0 Å². The lowest BCUT2D eigenvalue weighted by Gasteiger charge is -2.31. The summed E-state index contributed by atoms with van der Waals surface area (Å²) in [7, 11) is 0. The van der Waals surface area contributed by atoms with Gasteiger partial charge in [0.2, 0.25) is 0 Å². The van der Waals surface area contributed by atoms with Crippen LogP contribution in [0.25, 0.3) is 5.00 Å². The summed E-state index contributed by atoms with van der Waals surface area (Å²) in [6, 6.07) is 12.9. The summed E-state index contributed by atoms with van der Waals surface area (Å²) in [4.78, 5) is 17.2. The van der Waals surface area contributed by atoms with Crippen molar-refractivity contribution in [1.29, 1.82) is 0 Å². The highest BCUT2D eigenvalue weighted by Crippen LogP contribution is 2.44. The fourth-order valence-electron chi connectivity index (χ4n) is 5.15. The van der Waals surface area contributed by atoms with Crippen LogP contribution in [0.4, 0.5) is 4.79 Å². The maximum Gasteiger partial charge on any atom is 0.318 e. The van der Waals surface area contributed by atoms with Crippen molar-refractivity contribution in [3.05, 3.63) is 75.4 Å². The zero-order valence-corrected chi connectivity index (χ0v) is 20.2. The number of nitrogens with one attached hydrogen (secondary N) is 1. The second-order valence-electron chi connectivity index (χ2n) is 9.66. The molecule has 32 heavy (non-hydrogen) atoms. The molecule has 4 nitrogen and oxygen atoms in total. The molecule has 0 fully saturated rings. The first kappa shape index (κ1) is 21.3. The Bertz CT molecular complexity index is 1130. The number of thiophene rings is 1. The van der Waals surface area contributed by atoms with E-state index in [0.29, 0.717) is 19.0 Å². The molecule has 5 rings (SSSR count). The molecule has 2 aliphatic rings. The van der Waals surface area contributed by atoms with Crippen LogP contribution in [0.3, 0.4) is 0 Å². The van der Waals surface area contributed by atoms with Gasteiger partial charge in [-0.2, -0.15) is 0 Å². The first-order chi connectivity index (χ1) is 15.5. The number of fused-ring (bicyclic) bond motifs is 5. The minimum absolute atomic E-state index is 0.0357. The predicted molar refractivity (Wildman–Crippen MR) is 132 cm³/mol. The predicted octanol–water partition coefficient (Wildman–Crippen LogP) is 6.39. The first-order valence-corrected chi connectivity index (χ1v) is 12.8. The van der Waals surface area contributed by atoms with Gasteiger partial charge in [0.1, 0.15) is 5.00 Å². The molecule has 0 unspecified atom stereocenters. The Kier molecular flexibility index (Phi) is 5.85. The van der Waals surface area contributed by atoms with Crippen LogP contribution in [0.2, 0.25) is 0 Å². The van der Waals surface area contributed by atoms with Crippen LogP contribution in [0.5, 0.6) is 0 Å². The highest BCUT2D eigenvalue weighted by Gasteiger charge is 2.35. The molecule has 0 saturated heterocycles. The summed E-state index contributed by atoms with van der Waals surface area (Å²) in [5.74, 6) is 0.569. The molecule has 168 valence electrons. The molecule has 2 amide bonds. The van der Waals surface area contributed by atoms with E-state index in [9.17, 15) is 4.79 Å². The number of aryl methyl sites for hydroxylation is 2. The molecule has 0 spiro atoms. The Labute approximate surface area is 195 Å². The highest BCUT2D eigenvalue weighted by atomic mass is 32.1. The van der Waals surface area contributed by atoms with Crippen LogP contribution >= 0.6 is 11.3 Å². The van der Waals surface area contributed by atoms with Gasteiger partial charge in [-0.25, -0.2) is 4.79 Å². The van der Waals surface area contributed by atoms with Gasteiger partial charge >= 0.3 is 6.03 Å². The van der Waals surface area contributed by atoms with Crippen molar-refractivity contribution in [3.63, 3.8) is 0 Å². The lowest BCUT2D eigenvalue weighted by atomic mass is 9.95. The quantitative estimate of drug-likeness (QED) is 0.494. The van der Waals surface area contributed by atoms with Crippen molar-refractivity contribution in [2.45, 2.75) is 65.5 Å². The Hall–Kier alpha value is -2.53. The molecule has 1 aliphatic heterocycles. The zero-order valence-electron chi connectivity index (χ0n) is 19.4. The maximum atomic E-state index is 13.6. The van der Waals surface area contributed by atoms with Crippen LogP contribution < -0.4 is 5.32 Å². The third-order valence-electron chi connectivity index (χ3n) is 6.80. The van der Waals surface area contributed by atoms with Gasteiger partial charge in [0.25, 0.3) is 0 Å². The third-order valence-corrected chi connectivity index (χ3v) is 8.13. The number of carbonyl (C=O) groups excluding carboxylic acids is 1. The number of carbonyl (C=O) groups is 1. The molecule has 5 heteroatoms. The second-order valence-corrected chi connectivity index (χ2v) is 10.7. The second kappa shape index (κ2) is 8.78. The molecule has 0 bridgehead atoms. The van der Waals surface area contributed by atoms with Crippen LogP contribution in [0, 0.1) is 12.8 Å². The van der Waals surface area contributed by atoms with Gasteiger partial charge in [0.15, 0.2) is 0 Å². The van der Waals surface area contributed by atoms with E-state index >= 15 is 0 Å². The van der Waals surface area contributed by atoms with E-state index in [1.165, 1.54) is 57.1 Å². The zero-order chi connectivity index (χ0) is 22.2. The molecular formula is C27H33N3OS. The van der Waals surface area contributed by atoms with Crippen LogP contribution in [0.15, 0.2) is 42.6 Å². The van der Waals surface area contributed by atoms with Crippen molar-refractivity contribution in [3.8, 4) is 5.00 Å². The summed E-state index contributed by atoms with van der Waals surface area (Å²) in [5.41, 5.74) is 6.43. The molecule has 1 atom stereocenters. The average Bonchev–Trinajstić information content (AvgIpc) is 3.35. The van der Waals surface area contributed by atoms with Gasteiger partial charge in [0.05, 0.1) is 18.3 Å². The van der Waals surface area contributed by atoms with Gasteiger partial charge in [-0.1, -0.05) is 43.7 Å². The van der Waals surface area contributed by atoms with Crippen molar-refractivity contribution in [1.82, 2.24) is 14.8 Å². The number of benzene rings is 1. The highest BCUT2D eigenvalue weighted by molar-refractivity contribution is 7.15. The molecular weight excluding hydrogens is 414 g/mol. The monoisotopic (exact) mass is 447 g/mol. The summed E-state index contributed by atoms with van der Waals surface area (Å²) < 4.78 is 2.35. The minimum Gasteiger partial charge on any atom is -0.338 e. The fraction of sp³-hybridized carbons (Fsp3) is 0.444. The molecule has 0 radical (unpaired) electrons. The Morgan fingerprint density at radius 2 is 2.00 bits per heavy atom. The Morgan fingerprint density at radius 3 is 2.81 bits per heavy atom. The standard InChI is InChI=1S/C27H33N3OS/c1-18(2)13-14-28-27(31)30-17-22-21-10-4-5-12-24(21)32-26(22)29-15-7-11-23(29)25(30)20-9-6-8-19(3)16-20/h6-9,11,15-16,18,25H,4-5,10,12-14,17H2,1-3H3,(H,28,31)/t25-/m0/s1. The van der Waals surface area contributed by atoms with Crippen molar-refractivity contribution >= 4 is 17.4 Å². The normalized spacial score (nSPS) is 17.5. The van der Waals surface area contributed by atoms with Crippen LogP contribution in [0.1, 0.15) is 72.0 Å². The molecule has 1 N–H and O–H groups in total. The summed E-state index contributed by atoms with van der Waals surface area (Å²) >= 11 is 1.94. The number of nitrogens with zero attached hydrogens (tertiary/aromatic N) is 2. The van der Waals surface area contributed by atoms with Gasteiger partial charge in [-0.05, 0) is 68.2 Å². The van der Waals surface area contributed by atoms with Crippen LogP contribution in [-0.4, -0.2) is 22.0 Å². The van der Waals surface area contributed by atoms with E-state index in [4.69, 9.17) is 0 Å². The number of rotatable bonds is 4. The summed E-state index contributed by atoms with van der Waals surface area (Å²) in [6.45, 7) is 7.90. The van der Waals surface area contributed by atoms with Gasteiger partial charge < -0.3 is 14.8 Å². The molecule has 1 aliphatic carbocycles. The lowest BCUT2D eigenvalue weighted by Crippen LogP contribution is -2.42. The summed E-state index contributed by atoms with van der Waals surface area (Å²) in [6.07, 6.45) is 8.00. The van der Waals surface area contributed by atoms with Gasteiger partial charge in [0, 0.05) is 23.2 Å². The number of hydrogen-bond donors (Lipinski definition) is 1. The SMILES string of the molecule is Cc1cccc([C@H]2c3cccn3-c3sc4c(c3CN2C(=O)NCCC(C)C)CCCC4)c1.